The molecule has 3 aromatic heterocycles. The molecule has 1 fully saturated rings. The Labute approximate surface area is 163 Å². The Hall–Kier alpha value is -3.29. The summed E-state index contributed by atoms with van der Waals surface area (Å²) in [6.45, 7) is 5.34. The van der Waals surface area contributed by atoms with Crippen LogP contribution in [-0.4, -0.2) is 50.0 Å². The number of likely N-dealkylation sites (tertiary alicyclic amines) is 1. The minimum atomic E-state index is -0.0429. The summed E-state index contributed by atoms with van der Waals surface area (Å²) in [5, 5.41) is 7.41. The van der Waals surface area contributed by atoms with Crippen LogP contribution in [0.15, 0.2) is 47.2 Å². The summed E-state index contributed by atoms with van der Waals surface area (Å²) in [6, 6.07) is 9.23. The number of carbonyl (C=O) groups excluding carboxylic acids is 1. The number of anilines is 1. The number of pyridine rings is 2. The fourth-order valence-electron chi connectivity index (χ4n) is 3.15. The lowest BCUT2D eigenvalue weighted by atomic mass is 10.2. The fourth-order valence-corrected chi connectivity index (χ4v) is 3.15. The molecule has 0 saturated carbocycles. The Balaban J connectivity index is 1.42. The third-order valence-electron chi connectivity index (χ3n) is 4.68. The molecule has 1 saturated heterocycles. The summed E-state index contributed by atoms with van der Waals surface area (Å²) in [5.74, 6) is 2.05. The van der Waals surface area contributed by atoms with Crippen molar-refractivity contribution < 1.29 is 9.32 Å². The van der Waals surface area contributed by atoms with Gasteiger partial charge in [0.05, 0.1) is 0 Å². The first kappa shape index (κ1) is 18.1. The van der Waals surface area contributed by atoms with Crippen molar-refractivity contribution in [3.8, 4) is 11.5 Å². The Morgan fingerprint density at radius 1 is 1.25 bits per heavy atom. The molecular formula is C20H22N6O2. The van der Waals surface area contributed by atoms with Gasteiger partial charge in [-0.2, -0.15) is 4.98 Å². The second-order valence-electron chi connectivity index (χ2n) is 7.14. The van der Waals surface area contributed by atoms with Crippen LogP contribution in [0.3, 0.4) is 0 Å². The standard InChI is InChI=1S/C20H22N6O2/c1-13(2)18-24-19(28-25-18)14-6-9-22-17(11-14)23-15-7-10-26(12-15)20(27)16-5-3-4-8-21-16/h3-6,8-9,11,13,15H,7,10,12H2,1-2H3,(H,22,23). The van der Waals surface area contributed by atoms with E-state index in [9.17, 15) is 4.79 Å². The summed E-state index contributed by atoms with van der Waals surface area (Å²) in [7, 11) is 0. The molecule has 0 spiro atoms. The van der Waals surface area contributed by atoms with Gasteiger partial charge in [0.1, 0.15) is 11.5 Å². The van der Waals surface area contributed by atoms with Gasteiger partial charge in [-0.05, 0) is 30.7 Å². The molecule has 3 aromatic rings. The second-order valence-corrected chi connectivity index (χ2v) is 7.14. The molecule has 1 aliphatic rings. The zero-order chi connectivity index (χ0) is 19.5. The second kappa shape index (κ2) is 7.75. The predicted molar refractivity (Wildman–Crippen MR) is 104 cm³/mol. The van der Waals surface area contributed by atoms with Crippen LogP contribution in [0.1, 0.15) is 42.5 Å². The molecule has 0 aliphatic carbocycles. The third kappa shape index (κ3) is 3.85. The van der Waals surface area contributed by atoms with Crippen LogP contribution in [-0.2, 0) is 0 Å². The van der Waals surface area contributed by atoms with Gasteiger partial charge in [0.25, 0.3) is 11.8 Å². The van der Waals surface area contributed by atoms with E-state index in [0.717, 1.165) is 17.8 Å². The van der Waals surface area contributed by atoms with E-state index in [1.807, 2.05) is 36.9 Å². The Kier molecular flexibility index (Phi) is 5.01. The van der Waals surface area contributed by atoms with Gasteiger partial charge >= 0.3 is 0 Å². The molecule has 144 valence electrons. The average Bonchev–Trinajstić information content (AvgIpc) is 3.38. The van der Waals surface area contributed by atoms with Gasteiger partial charge in [-0.15, -0.1) is 0 Å². The van der Waals surface area contributed by atoms with E-state index >= 15 is 0 Å². The maximum Gasteiger partial charge on any atom is 0.272 e. The van der Waals surface area contributed by atoms with Crippen LogP contribution in [0, 0.1) is 0 Å². The largest absolute Gasteiger partial charge is 0.365 e. The van der Waals surface area contributed by atoms with Crippen LogP contribution in [0.5, 0.6) is 0 Å². The fraction of sp³-hybridized carbons (Fsp3) is 0.350. The highest BCUT2D eigenvalue weighted by molar-refractivity contribution is 5.92. The minimum absolute atomic E-state index is 0.0429. The summed E-state index contributed by atoms with van der Waals surface area (Å²) < 4.78 is 5.36. The first-order valence-corrected chi connectivity index (χ1v) is 9.37. The van der Waals surface area contributed by atoms with Crippen molar-refractivity contribution in [1.29, 1.82) is 0 Å². The smallest absolute Gasteiger partial charge is 0.272 e. The van der Waals surface area contributed by atoms with Gasteiger partial charge in [0.2, 0.25) is 0 Å². The van der Waals surface area contributed by atoms with Crippen molar-refractivity contribution in [3.63, 3.8) is 0 Å². The van der Waals surface area contributed by atoms with Crippen LogP contribution < -0.4 is 5.32 Å². The number of carbonyl (C=O) groups is 1. The highest BCUT2D eigenvalue weighted by Gasteiger charge is 2.27. The molecule has 1 N–H and O–H groups in total. The van der Waals surface area contributed by atoms with Gasteiger partial charge in [0.15, 0.2) is 5.82 Å². The number of nitrogens with zero attached hydrogens (tertiary/aromatic N) is 5. The molecule has 1 unspecified atom stereocenters. The summed E-state index contributed by atoms with van der Waals surface area (Å²) in [4.78, 5) is 27.3. The number of hydrogen-bond donors (Lipinski definition) is 1. The highest BCUT2D eigenvalue weighted by Crippen LogP contribution is 2.23. The summed E-state index contributed by atoms with van der Waals surface area (Å²) in [6.07, 6.45) is 4.20. The Bertz CT molecular complexity index is 956. The van der Waals surface area contributed by atoms with Crippen LogP contribution >= 0.6 is 0 Å². The van der Waals surface area contributed by atoms with Crippen molar-refractivity contribution >= 4 is 11.7 Å². The molecule has 0 radical (unpaired) electrons. The normalized spacial score (nSPS) is 16.5. The van der Waals surface area contributed by atoms with Crippen LogP contribution in [0.2, 0.25) is 0 Å². The van der Waals surface area contributed by atoms with Gasteiger partial charge < -0.3 is 14.7 Å². The number of rotatable bonds is 5. The lowest BCUT2D eigenvalue weighted by Crippen LogP contribution is -2.32. The molecule has 1 amide bonds. The lowest BCUT2D eigenvalue weighted by Gasteiger charge is -2.17. The van der Waals surface area contributed by atoms with Gasteiger partial charge in [-0.25, -0.2) is 4.98 Å². The van der Waals surface area contributed by atoms with E-state index in [4.69, 9.17) is 4.52 Å². The number of aromatic nitrogens is 4. The first-order chi connectivity index (χ1) is 13.6. The molecule has 0 aromatic carbocycles. The maximum atomic E-state index is 12.5. The van der Waals surface area contributed by atoms with Crippen molar-refractivity contribution in [2.75, 3.05) is 18.4 Å². The molecule has 28 heavy (non-hydrogen) atoms. The topological polar surface area (TPSA) is 97.0 Å². The molecule has 8 heteroatoms. The SMILES string of the molecule is CC(C)c1noc(-c2ccnc(NC3CCN(C(=O)c4ccccn4)C3)c2)n1. The molecular weight excluding hydrogens is 356 g/mol. The van der Waals surface area contributed by atoms with Crippen molar-refractivity contribution in [3.05, 3.63) is 54.2 Å². The Morgan fingerprint density at radius 3 is 2.89 bits per heavy atom. The van der Waals surface area contributed by atoms with Crippen molar-refractivity contribution in [2.45, 2.75) is 32.2 Å². The lowest BCUT2D eigenvalue weighted by molar-refractivity contribution is 0.0786. The molecule has 8 nitrogen and oxygen atoms in total. The summed E-state index contributed by atoms with van der Waals surface area (Å²) in [5.41, 5.74) is 1.29. The number of amides is 1. The first-order valence-electron chi connectivity index (χ1n) is 9.37. The molecule has 4 heterocycles. The van der Waals surface area contributed by atoms with Crippen molar-refractivity contribution in [1.82, 2.24) is 25.0 Å². The van der Waals surface area contributed by atoms with Crippen molar-refractivity contribution in [2.24, 2.45) is 0 Å². The molecule has 0 bridgehead atoms. The van der Waals surface area contributed by atoms with Gasteiger partial charge in [-0.3, -0.25) is 9.78 Å². The number of nitrogens with one attached hydrogen (secondary N) is 1. The van der Waals surface area contributed by atoms with E-state index < -0.39 is 0 Å². The van der Waals surface area contributed by atoms with E-state index in [0.29, 0.717) is 30.5 Å². The van der Waals surface area contributed by atoms with E-state index in [-0.39, 0.29) is 17.9 Å². The van der Waals surface area contributed by atoms with E-state index in [1.54, 1.807) is 24.5 Å². The Morgan fingerprint density at radius 2 is 2.14 bits per heavy atom. The molecule has 1 aliphatic heterocycles. The summed E-state index contributed by atoms with van der Waals surface area (Å²) >= 11 is 0. The van der Waals surface area contributed by atoms with E-state index in [2.05, 4.69) is 25.4 Å². The van der Waals surface area contributed by atoms with Crippen LogP contribution in [0.4, 0.5) is 5.82 Å². The molecule has 4 rings (SSSR count). The van der Waals surface area contributed by atoms with Crippen LogP contribution in [0.25, 0.3) is 11.5 Å². The predicted octanol–water partition coefficient (Wildman–Crippen LogP) is 2.98. The third-order valence-corrected chi connectivity index (χ3v) is 4.68. The molecule has 1 atom stereocenters. The quantitative estimate of drug-likeness (QED) is 0.729. The minimum Gasteiger partial charge on any atom is -0.365 e. The van der Waals surface area contributed by atoms with Gasteiger partial charge in [0, 0.05) is 43.0 Å². The van der Waals surface area contributed by atoms with Gasteiger partial charge in [-0.1, -0.05) is 25.1 Å². The highest BCUT2D eigenvalue weighted by atomic mass is 16.5. The zero-order valence-electron chi connectivity index (χ0n) is 15.9. The number of hydrogen-bond acceptors (Lipinski definition) is 7. The zero-order valence-corrected chi connectivity index (χ0v) is 15.9. The average molecular weight is 378 g/mol. The maximum absolute atomic E-state index is 12.5. The van der Waals surface area contributed by atoms with E-state index in [1.165, 1.54) is 0 Å². The monoisotopic (exact) mass is 378 g/mol.